The van der Waals surface area contributed by atoms with Gasteiger partial charge in [0.2, 0.25) is 11.8 Å². The summed E-state index contributed by atoms with van der Waals surface area (Å²) in [5.74, 6) is 0.634. The van der Waals surface area contributed by atoms with Crippen molar-refractivity contribution in [2.75, 3.05) is 5.32 Å². The number of hydrogen-bond donors (Lipinski definition) is 1. The van der Waals surface area contributed by atoms with E-state index in [0.29, 0.717) is 5.88 Å². The van der Waals surface area contributed by atoms with E-state index in [1.165, 1.54) is 0 Å². The molecule has 5 heteroatoms. The second-order valence-corrected chi connectivity index (χ2v) is 5.63. The maximum Gasteiger partial charge on any atom is 0.241 e. The minimum atomic E-state index is 0.000907. The van der Waals surface area contributed by atoms with Crippen molar-refractivity contribution < 1.29 is 9.53 Å². The number of ether oxygens (including phenoxy) is 1. The zero-order chi connectivity index (χ0) is 15.6. The van der Waals surface area contributed by atoms with E-state index >= 15 is 0 Å². The number of carbonyl (C=O) groups excluding carboxylic acids is 1. The number of anilines is 1. The van der Waals surface area contributed by atoms with Crippen molar-refractivity contribution in [2.24, 2.45) is 13.0 Å². The van der Waals surface area contributed by atoms with Gasteiger partial charge in [0.05, 0.1) is 17.0 Å². The highest BCUT2D eigenvalue weighted by atomic mass is 16.5. The van der Waals surface area contributed by atoms with Crippen LogP contribution in [0.1, 0.15) is 34.1 Å². The molecule has 0 bridgehead atoms. The van der Waals surface area contributed by atoms with Crippen LogP contribution in [-0.4, -0.2) is 21.8 Å². The van der Waals surface area contributed by atoms with Crippen molar-refractivity contribution in [2.45, 2.75) is 40.2 Å². The molecule has 1 heterocycles. The molecule has 1 amide bonds. The fraction of sp³-hybridized carbons (Fsp3) is 0.500. The summed E-state index contributed by atoms with van der Waals surface area (Å²) >= 11 is 0. The smallest absolute Gasteiger partial charge is 0.241 e. The molecule has 0 unspecified atom stereocenters. The van der Waals surface area contributed by atoms with Gasteiger partial charge >= 0.3 is 0 Å². The van der Waals surface area contributed by atoms with Crippen molar-refractivity contribution in [3.05, 3.63) is 18.2 Å². The van der Waals surface area contributed by atoms with E-state index in [2.05, 4.69) is 10.4 Å². The van der Waals surface area contributed by atoms with E-state index in [-0.39, 0.29) is 17.9 Å². The lowest BCUT2D eigenvalue weighted by Gasteiger charge is -2.10. The third-order valence-corrected chi connectivity index (χ3v) is 3.49. The summed E-state index contributed by atoms with van der Waals surface area (Å²) < 4.78 is 7.52. The monoisotopic (exact) mass is 289 g/mol. The molecule has 1 aromatic heterocycles. The number of fused-ring (bicyclic) bond motifs is 1. The van der Waals surface area contributed by atoms with Crippen molar-refractivity contribution >= 4 is 22.5 Å². The zero-order valence-corrected chi connectivity index (χ0v) is 13.3. The standard InChI is InChI=1S/C16H23N3O2/c1-6-11(4)15(20)17-12-7-8-14-13(9-12)16(18-19(14)5)21-10(2)3/h7-11H,6H2,1-5H3,(H,17,20)/t11-/m0/s1. The number of aromatic nitrogens is 2. The van der Waals surface area contributed by atoms with Crippen molar-refractivity contribution in [1.29, 1.82) is 0 Å². The molecule has 5 nitrogen and oxygen atoms in total. The summed E-state index contributed by atoms with van der Waals surface area (Å²) in [5, 5.41) is 8.24. The average molecular weight is 289 g/mol. The average Bonchev–Trinajstić information content (AvgIpc) is 2.73. The SMILES string of the molecule is CC[C@H](C)C(=O)Nc1ccc2c(c1)c(OC(C)C)nn2C. The van der Waals surface area contributed by atoms with Gasteiger partial charge in [-0.15, -0.1) is 5.10 Å². The van der Waals surface area contributed by atoms with E-state index in [0.717, 1.165) is 23.0 Å². The number of carbonyl (C=O) groups is 1. The van der Waals surface area contributed by atoms with E-state index in [4.69, 9.17) is 4.74 Å². The predicted molar refractivity (Wildman–Crippen MR) is 84.6 cm³/mol. The fourth-order valence-corrected chi connectivity index (χ4v) is 2.07. The predicted octanol–water partition coefficient (Wildman–Crippen LogP) is 3.35. The van der Waals surface area contributed by atoms with Crippen LogP contribution in [0.2, 0.25) is 0 Å². The molecule has 0 fully saturated rings. The molecule has 0 radical (unpaired) electrons. The highest BCUT2D eigenvalue weighted by molar-refractivity contribution is 5.96. The first kappa shape index (κ1) is 15.4. The Morgan fingerprint density at radius 3 is 2.71 bits per heavy atom. The fourth-order valence-electron chi connectivity index (χ4n) is 2.07. The molecular formula is C16H23N3O2. The molecule has 0 aliphatic heterocycles. The van der Waals surface area contributed by atoms with Gasteiger partial charge in [-0.1, -0.05) is 13.8 Å². The molecule has 2 aromatic rings. The number of aryl methyl sites for hydroxylation is 1. The number of rotatable bonds is 5. The number of benzene rings is 1. The van der Waals surface area contributed by atoms with Crippen LogP contribution in [0.4, 0.5) is 5.69 Å². The Bertz CT molecular complexity index is 646. The quantitative estimate of drug-likeness (QED) is 0.918. The molecule has 0 saturated heterocycles. The molecule has 1 aromatic carbocycles. The largest absolute Gasteiger partial charge is 0.473 e. The maximum atomic E-state index is 12.0. The summed E-state index contributed by atoms with van der Waals surface area (Å²) in [6.07, 6.45) is 0.879. The number of nitrogens with one attached hydrogen (secondary N) is 1. The molecule has 21 heavy (non-hydrogen) atoms. The lowest BCUT2D eigenvalue weighted by molar-refractivity contribution is -0.119. The van der Waals surface area contributed by atoms with E-state index in [1.54, 1.807) is 4.68 Å². The van der Waals surface area contributed by atoms with Crippen LogP contribution in [-0.2, 0) is 11.8 Å². The van der Waals surface area contributed by atoms with Crippen LogP contribution in [0.15, 0.2) is 18.2 Å². The lowest BCUT2D eigenvalue weighted by Crippen LogP contribution is -2.19. The zero-order valence-electron chi connectivity index (χ0n) is 13.3. The van der Waals surface area contributed by atoms with Gasteiger partial charge in [-0.05, 0) is 38.5 Å². The van der Waals surface area contributed by atoms with Gasteiger partial charge in [-0.3, -0.25) is 9.48 Å². The number of nitrogens with zero attached hydrogens (tertiary/aromatic N) is 2. The van der Waals surface area contributed by atoms with Gasteiger partial charge < -0.3 is 10.1 Å². The summed E-state index contributed by atoms with van der Waals surface area (Å²) in [6, 6.07) is 5.76. The van der Waals surface area contributed by atoms with Crippen LogP contribution >= 0.6 is 0 Å². The Kier molecular flexibility index (Phi) is 4.50. The molecule has 2 rings (SSSR count). The normalized spacial score (nSPS) is 12.7. The first-order valence-electron chi connectivity index (χ1n) is 7.36. The Balaban J connectivity index is 2.33. The molecule has 0 saturated carbocycles. The van der Waals surface area contributed by atoms with E-state index in [9.17, 15) is 4.79 Å². The Morgan fingerprint density at radius 2 is 2.10 bits per heavy atom. The van der Waals surface area contributed by atoms with E-state index in [1.807, 2.05) is 52.9 Å². The molecular weight excluding hydrogens is 266 g/mol. The van der Waals surface area contributed by atoms with Gasteiger partial charge in [0.25, 0.3) is 0 Å². The molecule has 1 atom stereocenters. The Labute approximate surface area is 125 Å². The van der Waals surface area contributed by atoms with Crippen LogP contribution in [0.5, 0.6) is 5.88 Å². The molecule has 114 valence electrons. The maximum absolute atomic E-state index is 12.0. The summed E-state index contributed by atoms with van der Waals surface area (Å²) in [7, 11) is 1.88. The molecule has 0 aliphatic rings. The highest BCUT2D eigenvalue weighted by Crippen LogP contribution is 2.28. The number of amides is 1. The molecule has 0 aliphatic carbocycles. The first-order chi connectivity index (χ1) is 9.92. The third-order valence-electron chi connectivity index (χ3n) is 3.49. The van der Waals surface area contributed by atoms with Gasteiger partial charge in [-0.2, -0.15) is 0 Å². The van der Waals surface area contributed by atoms with Crippen LogP contribution in [0.25, 0.3) is 10.9 Å². The second kappa shape index (κ2) is 6.16. The van der Waals surface area contributed by atoms with Gasteiger partial charge in [0.1, 0.15) is 0 Å². The van der Waals surface area contributed by atoms with Gasteiger partial charge in [-0.25, -0.2) is 0 Å². The van der Waals surface area contributed by atoms with Gasteiger partial charge in [0.15, 0.2) is 0 Å². The minimum Gasteiger partial charge on any atom is -0.473 e. The Morgan fingerprint density at radius 1 is 1.38 bits per heavy atom. The van der Waals surface area contributed by atoms with Crippen LogP contribution in [0, 0.1) is 5.92 Å². The highest BCUT2D eigenvalue weighted by Gasteiger charge is 2.14. The van der Waals surface area contributed by atoms with Crippen LogP contribution in [0.3, 0.4) is 0 Å². The van der Waals surface area contributed by atoms with E-state index < -0.39 is 0 Å². The summed E-state index contributed by atoms with van der Waals surface area (Å²) in [5.41, 5.74) is 1.75. The van der Waals surface area contributed by atoms with Crippen molar-refractivity contribution in [3.8, 4) is 5.88 Å². The third kappa shape index (κ3) is 3.35. The topological polar surface area (TPSA) is 56.1 Å². The Hall–Kier alpha value is -2.04. The first-order valence-corrected chi connectivity index (χ1v) is 7.36. The number of hydrogen-bond acceptors (Lipinski definition) is 3. The van der Waals surface area contributed by atoms with Gasteiger partial charge in [0, 0.05) is 18.7 Å². The van der Waals surface area contributed by atoms with Crippen LogP contribution < -0.4 is 10.1 Å². The lowest BCUT2D eigenvalue weighted by atomic mass is 10.1. The second-order valence-electron chi connectivity index (χ2n) is 5.63. The molecule has 1 N–H and O–H groups in total. The summed E-state index contributed by atoms with van der Waals surface area (Å²) in [6.45, 7) is 7.86. The van der Waals surface area contributed by atoms with Crippen molar-refractivity contribution in [3.63, 3.8) is 0 Å². The minimum absolute atomic E-state index is 0.000907. The summed E-state index contributed by atoms with van der Waals surface area (Å²) in [4.78, 5) is 12.0. The van der Waals surface area contributed by atoms with Crippen molar-refractivity contribution in [1.82, 2.24) is 9.78 Å². The molecule has 0 spiro atoms.